The molecule has 2 aromatic carbocycles. The monoisotopic (exact) mass is 215 g/mol. The summed E-state index contributed by atoms with van der Waals surface area (Å²) >= 11 is 0. The van der Waals surface area contributed by atoms with Gasteiger partial charge in [-0.15, -0.1) is 5.16 Å². The van der Waals surface area contributed by atoms with Gasteiger partial charge in [0.05, 0.1) is 0 Å². The molecule has 0 aromatic heterocycles. The molecule has 3 heteroatoms. The highest BCUT2D eigenvalue weighted by Gasteiger charge is 2.02. The fraction of sp³-hybridized carbons (Fsp3) is 0. The van der Waals surface area contributed by atoms with Crippen LogP contribution in [0.25, 0.3) is 11.1 Å². The third-order valence-electron chi connectivity index (χ3n) is 2.21. The molecule has 0 amide bonds. The van der Waals surface area contributed by atoms with Crippen LogP contribution in [0.1, 0.15) is 0 Å². The Morgan fingerprint density at radius 1 is 0.800 bits per heavy atom. The quantitative estimate of drug-likeness (QED) is 0.768. The van der Waals surface area contributed by atoms with Crippen LogP contribution in [0.4, 0.5) is 0 Å². The van der Waals surface area contributed by atoms with Crippen molar-refractivity contribution in [3.8, 4) is 11.1 Å². The van der Waals surface area contributed by atoms with Crippen molar-refractivity contribution in [3.05, 3.63) is 54.6 Å². The summed E-state index contributed by atoms with van der Waals surface area (Å²) in [4.78, 5) is 10.9. The zero-order valence-electron chi connectivity index (χ0n) is 8.05. The lowest BCUT2D eigenvalue weighted by Crippen LogP contribution is -2.02. The van der Waals surface area contributed by atoms with E-state index in [1.54, 1.807) is 12.1 Å². The van der Waals surface area contributed by atoms with Gasteiger partial charge >= 0.3 is 0 Å². The number of hydrogen-bond acceptors (Lipinski definition) is 2. The summed E-state index contributed by atoms with van der Waals surface area (Å²) in [6.07, 6.45) is 0. The van der Waals surface area contributed by atoms with Gasteiger partial charge in [0.2, 0.25) is 0 Å². The highest BCUT2D eigenvalue weighted by molar-refractivity contribution is 7.47. The predicted molar refractivity (Wildman–Crippen MR) is 61.2 cm³/mol. The summed E-state index contributed by atoms with van der Waals surface area (Å²) in [6, 6.07) is 17.3. The zero-order valence-corrected chi connectivity index (χ0v) is 8.95. The Labute approximate surface area is 89.6 Å². The molecular formula is C12H10NOP. The minimum atomic E-state index is -1.98. The second-order valence-electron chi connectivity index (χ2n) is 3.21. The normalized spacial score (nSPS) is 11.1. The smallest absolute Gasteiger partial charge is 0.199 e. The summed E-state index contributed by atoms with van der Waals surface area (Å²) in [6.45, 7) is 0. The first-order valence-corrected chi connectivity index (χ1v) is 5.87. The van der Waals surface area contributed by atoms with Gasteiger partial charge in [-0.1, -0.05) is 30.3 Å². The second kappa shape index (κ2) is 4.35. The van der Waals surface area contributed by atoms with Crippen molar-refractivity contribution in [3.63, 3.8) is 0 Å². The number of benzene rings is 2. The molecular weight excluding hydrogens is 205 g/mol. The molecule has 1 atom stereocenters. The van der Waals surface area contributed by atoms with Gasteiger partial charge in [0.15, 0.2) is 13.2 Å². The van der Waals surface area contributed by atoms with Crippen molar-refractivity contribution >= 4 is 13.2 Å². The summed E-state index contributed by atoms with van der Waals surface area (Å²) in [5.74, 6) is 0. The fourth-order valence-electron chi connectivity index (χ4n) is 1.42. The lowest BCUT2D eigenvalue weighted by molar-refractivity contribution is -0.153. The third-order valence-corrected chi connectivity index (χ3v) is 2.98. The van der Waals surface area contributed by atoms with E-state index in [-0.39, 0.29) is 0 Å². The first-order chi connectivity index (χ1) is 7.27. The van der Waals surface area contributed by atoms with Gasteiger partial charge in [0.25, 0.3) is 0 Å². The average molecular weight is 215 g/mol. The highest BCUT2D eigenvalue weighted by atomic mass is 31.1. The fourth-order valence-corrected chi connectivity index (χ4v) is 1.84. The standard InChI is InChI=1S/C12H10NOP/c13-15(14)12-8-6-11(7-9-12)10-4-2-1-3-5-10/h1-9,13H. The van der Waals surface area contributed by atoms with E-state index in [1.165, 1.54) is 0 Å². The van der Waals surface area contributed by atoms with Crippen LogP contribution in [0.2, 0.25) is 0 Å². The van der Waals surface area contributed by atoms with E-state index in [1.807, 2.05) is 42.5 Å². The first kappa shape index (κ1) is 10.0. The number of hydrogen-bond donors (Lipinski definition) is 1. The molecule has 0 radical (unpaired) electrons. The van der Waals surface area contributed by atoms with E-state index in [4.69, 9.17) is 5.16 Å². The second-order valence-corrected chi connectivity index (χ2v) is 4.31. The van der Waals surface area contributed by atoms with E-state index in [0.29, 0.717) is 5.30 Å². The van der Waals surface area contributed by atoms with E-state index in [9.17, 15) is 4.89 Å². The van der Waals surface area contributed by atoms with Gasteiger partial charge in [-0.25, -0.2) is 0 Å². The SMILES string of the molecule is N=[P+]([O-])c1ccc(-c2ccccc2)cc1. The lowest BCUT2D eigenvalue weighted by atomic mass is 10.1. The van der Waals surface area contributed by atoms with Crippen molar-refractivity contribution < 1.29 is 4.89 Å². The van der Waals surface area contributed by atoms with Crippen molar-refractivity contribution in [2.24, 2.45) is 0 Å². The molecule has 0 aliphatic rings. The van der Waals surface area contributed by atoms with E-state index in [0.717, 1.165) is 11.1 Å². The summed E-state index contributed by atoms with van der Waals surface area (Å²) in [5.41, 5.74) is 2.21. The van der Waals surface area contributed by atoms with Gasteiger partial charge in [0.1, 0.15) is 0 Å². The Balaban J connectivity index is 2.36. The minimum absolute atomic E-state index is 0.574. The topological polar surface area (TPSA) is 46.9 Å². The van der Waals surface area contributed by atoms with Gasteiger partial charge < -0.3 is 4.89 Å². The molecule has 0 aliphatic heterocycles. The molecule has 0 bridgehead atoms. The van der Waals surface area contributed by atoms with Crippen molar-refractivity contribution in [2.45, 2.75) is 0 Å². The molecule has 74 valence electrons. The van der Waals surface area contributed by atoms with Crippen molar-refractivity contribution in [2.75, 3.05) is 0 Å². The molecule has 0 saturated carbocycles. The Hall–Kier alpha value is -1.50. The van der Waals surface area contributed by atoms with Crippen LogP contribution < -0.4 is 10.2 Å². The lowest BCUT2D eigenvalue weighted by Gasteiger charge is -2.00. The minimum Gasteiger partial charge on any atom is -0.608 e. The average Bonchev–Trinajstić information content (AvgIpc) is 2.30. The Bertz CT molecular complexity index is 465. The maximum absolute atomic E-state index is 10.9. The van der Waals surface area contributed by atoms with Crippen molar-refractivity contribution in [1.82, 2.24) is 0 Å². The van der Waals surface area contributed by atoms with Gasteiger partial charge in [-0.3, -0.25) is 0 Å². The van der Waals surface area contributed by atoms with Crippen LogP contribution >= 0.6 is 7.94 Å². The highest BCUT2D eigenvalue weighted by Crippen LogP contribution is 2.19. The maximum Gasteiger partial charge on any atom is 0.199 e. The van der Waals surface area contributed by atoms with Crippen LogP contribution in [0.15, 0.2) is 54.6 Å². The summed E-state index contributed by atoms with van der Waals surface area (Å²) < 4.78 is 0. The Morgan fingerprint density at radius 3 is 1.87 bits per heavy atom. The number of nitrogens with one attached hydrogen (secondary N) is 1. The summed E-state index contributed by atoms with van der Waals surface area (Å²) in [5, 5.41) is 7.68. The summed E-state index contributed by atoms with van der Waals surface area (Å²) in [7, 11) is -1.98. The molecule has 0 aliphatic carbocycles. The van der Waals surface area contributed by atoms with Crippen LogP contribution in [0.5, 0.6) is 0 Å². The molecule has 2 aromatic rings. The zero-order chi connectivity index (χ0) is 10.7. The largest absolute Gasteiger partial charge is 0.608 e. The van der Waals surface area contributed by atoms with Crippen LogP contribution in [-0.2, 0) is 0 Å². The van der Waals surface area contributed by atoms with Crippen molar-refractivity contribution in [1.29, 1.82) is 5.16 Å². The van der Waals surface area contributed by atoms with E-state index in [2.05, 4.69) is 0 Å². The van der Waals surface area contributed by atoms with Gasteiger partial charge in [-0.2, -0.15) is 0 Å². The third kappa shape index (κ3) is 2.30. The maximum atomic E-state index is 10.9. The van der Waals surface area contributed by atoms with Crippen LogP contribution in [0.3, 0.4) is 0 Å². The Kier molecular flexibility index (Phi) is 2.91. The predicted octanol–water partition coefficient (Wildman–Crippen LogP) is 2.50. The molecule has 0 heterocycles. The van der Waals surface area contributed by atoms with Crippen LogP contribution in [-0.4, -0.2) is 0 Å². The first-order valence-electron chi connectivity index (χ1n) is 4.61. The molecule has 15 heavy (non-hydrogen) atoms. The van der Waals surface area contributed by atoms with Gasteiger partial charge in [0, 0.05) is 0 Å². The molecule has 2 rings (SSSR count). The molecule has 0 fully saturated rings. The molecule has 2 nitrogen and oxygen atoms in total. The van der Waals surface area contributed by atoms with E-state index >= 15 is 0 Å². The van der Waals surface area contributed by atoms with Gasteiger partial charge in [-0.05, 0) is 35.4 Å². The number of rotatable bonds is 2. The molecule has 0 saturated heterocycles. The molecule has 1 N–H and O–H groups in total. The van der Waals surface area contributed by atoms with E-state index < -0.39 is 7.94 Å². The van der Waals surface area contributed by atoms with Crippen LogP contribution in [0, 0.1) is 5.16 Å². The molecule has 1 unspecified atom stereocenters. The molecule has 0 spiro atoms. The Morgan fingerprint density at radius 2 is 1.33 bits per heavy atom.